The number of nitrogens with two attached hydrogens (primary N) is 1. The molecule has 3 aromatic carbocycles. The lowest BCUT2D eigenvalue weighted by Gasteiger charge is -2.29. The third-order valence-corrected chi connectivity index (χ3v) is 5.99. The van der Waals surface area contributed by atoms with Crippen LogP contribution in [0.2, 0.25) is 0 Å². The molecule has 1 atom stereocenters. The lowest BCUT2D eigenvalue weighted by atomic mass is 10.1. The molecule has 1 saturated heterocycles. The molecule has 4 rings (SSSR count). The Hall–Kier alpha value is -4.11. The summed E-state index contributed by atoms with van der Waals surface area (Å²) in [5.74, 6) is -3.47. The SMILES string of the molecule is NCc1cccc(CNC(=O)C2N(C(=O)Cc3ccccc3)CCN2C(=O)c2cc(F)cc(F)c2)c1. The third kappa shape index (κ3) is 5.75. The van der Waals surface area contributed by atoms with E-state index in [0.717, 1.165) is 28.8 Å². The van der Waals surface area contributed by atoms with Gasteiger partial charge in [-0.3, -0.25) is 14.4 Å². The number of rotatable bonds is 7. The summed E-state index contributed by atoms with van der Waals surface area (Å²) in [4.78, 5) is 42.2. The Kier molecular flexibility index (Phi) is 7.70. The fourth-order valence-corrected chi connectivity index (χ4v) is 4.25. The molecule has 186 valence electrons. The van der Waals surface area contributed by atoms with E-state index in [9.17, 15) is 23.2 Å². The number of hydrogen-bond acceptors (Lipinski definition) is 4. The van der Waals surface area contributed by atoms with E-state index in [1.54, 1.807) is 24.3 Å². The van der Waals surface area contributed by atoms with Gasteiger partial charge in [0.05, 0.1) is 6.42 Å². The van der Waals surface area contributed by atoms with Crippen LogP contribution in [0.3, 0.4) is 0 Å². The molecule has 0 spiro atoms. The summed E-state index contributed by atoms with van der Waals surface area (Å²) in [5.41, 5.74) is 7.91. The van der Waals surface area contributed by atoms with Crippen molar-refractivity contribution >= 4 is 17.7 Å². The standard InChI is InChI=1S/C27H26F2N4O3/c28-22-13-21(14-23(29)15-22)27(36)33-10-9-32(24(34)12-18-5-2-1-3-6-18)26(33)25(35)31-17-20-8-4-7-19(11-20)16-30/h1-8,11,13-15,26H,9-10,12,16-17,30H2,(H,31,35). The van der Waals surface area contributed by atoms with Crippen LogP contribution in [0.4, 0.5) is 8.78 Å². The molecule has 7 nitrogen and oxygen atoms in total. The number of benzene rings is 3. The molecule has 1 aliphatic rings. The Labute approximate surface area is 207 Å². The zero-order valence-corrected chi connectivity index (χ0v) is 19.5. The van der Waals surface area contributed by atoms with Gasteiger partial charge in [-0.25, -0.2) is 8.78 Å². The molecular formula is C27H26F2N4O3. The number of carbonyl (C=O) groups is 3. The van der Waals surface area contributed by atoms with E-state index in [1.165, 1.54) is 9.80 Å². The number of halogens is 2. The van der Waals surface area contributed by atoms with Crippen LogP contribution in [0.15, 0.2) is 72.8 Å². The Morgan fingerprint density at radius 1 is 0.833 bits per heavy atom. The summed E-state index contributed by atoms with van der Waals surface area (Å²) in [7, 11) is 0. The largest absolute Gasteiger partial charge is 0.349 e. The molecule has 3 N–H and O–H groups in total. The molecule has 1 aliphatic heterocycles. The summed E-state index contributed by atoms with van der Waals surface area (Å²) in [6, 6.07) is 18.9. The Balaban J connectivity index is 1.58. The molecule has 9 heteroatoms. The van der Waals surface area contributed by atoms with Gasteiger partial charge >= 0.3 is 0 Å². The number of carbonyl (C=O) groups excluding carboxylic acids is 3. The molecule has 0 radical (unpaired) electrons. The number of nitrogens with one attached hydrogen (secondary N) is 1. The molecule has 0 aliphatic carbocycles. The smallest absolute Gasteiger partial charge is 0.264 e. The highest BCUT2D eigenvalue weighted by Crippen LogP contribution is 2.21. The summed E-state index contributed by atoms with van der Waals surface area (Å²) >= 11 is 0. The first kappa shape index (κ1) is 25.0. The van der Waals surface area contributed by atoms with E-state index in [2.05, 4.69) is 5.32 Å². The number of nitrogens with zero attached hydrogens (tertiary/aromatic N) is 2. The van der Waals surface area contributed by atoms with Crippen molar-refractivity contribution < 1.29 is 23.2 Å². The second kappa shape index (κ2) is 11.1. The molecule has 3 aromatic rings. The molecule has 0 bridgehead atoms. The van der Waals surface area contributed by atoms with Gasteiger partial charge in [0.25, 0.3) is 11.8 Å². The van der Waals surface area contributed by atoms with Gasteiger partial charge < -0.3 is 20.9 Å². The Morgan fingerprint density at radius 3 is 2.17 bits per heavy atom. The molecule has 36 heavy (non-hydrogen) atoms. The van der Waals surface area contributed by atoms with E-state index < -0.39 is 29.6 Å². The van der Waals surface area contributed by atoms with Crippen molar-refractivity contribution in [3.05, 3.63) is 107 Å². The lowest BCUT2D eigenvalue weighted by Crippen LogP contribution is -2.54. The first-order valence-corrected chi connectivity index (χ1v) is 11.5. The lowest BCUT2D eigenvalue weighted by molar-refractivity contribution is -0.141. The highest BCUT2D eigenvalue weighted by molar-refractivity contribution is 5.99. The van der Waals surface area contributed by atoms with Crippen LogP contribution in [0.25, 0.3) is 0 Å². The molecule has 0 saturated carbocycles. The van der Waals surface area contributed by atoms with E-state index in [4.69, 9.17) is 5.73 Å². The minimum atomic E-state index is -1.27. The van der Waals surface area contributed by atoms with Crippen molar-refractivity contribution in [2.24, 2.45) is 5.73 Å². The van der Waals surface area contributed by atoms with Gasteiger partial charge in [-0.2, -0.15) is 0 Å². The van der Waals surface area contributed by atoms with E-state index in [-0.39, 0.29) is 37.5 Å². The zero-order chi connectivity index (χ0) is 25.7. The average molecular weight is 493 g/mol. The van der Waals surface area contributed by atoms with Crippen molar-refractivity contribution in [1.82, 2.24) is 15.1 Å². The first-order chi connectivity index (χ1) is 17.4. The van der Waals surface area contributed by atoms with E-state index in [0.29, 0.717) is 12.6 Å². The summed E-state index contributed by atoms with van der Waals surface area (Å²) in [5, 5.41) is 2.78. The highest BCUT2D eigenvalue weighted by Gasteiger charge is 2.42. The molecule has 0 aromatic heterocycles. The quantitative estimate of drug-likeness (QED) is 0.530. The molecule has 1 heterocycles. The summed E-state index contributed by atoms with van der Waals surface area (Å²) in [6.07, 6.45) is -1.22. The topological polar surface area (TPSA) is 95.7 Å². The predicted octanol–water partition coefficient (Wildman–Crippen LogP) is 2.59. The van der Waals surface area contributed by atoms with Crippen molar-refractivity contribution in [1.29, 1.82) is 0 Å². The fourth-order valence-electron chi connectivity index (χ4n) is 4.25. The van der Waals surface area contributed by atoms with Crippen molar-refractivity contribution in [3.8, 4) is 0 Å². The van der Waals surface area contributed by atoms with Crippen molar-refractivity contribution in [2.45, 2.75) is 25.7 Å². The maximum atomic E-state index is 13.8. The van der Waals surface area contributed by atoms with Crippen LogP contribution in [-0.2, 0) is 29.1 Å². The molecular weight excluding hydrogens is 466 g/mol. The molecule has 3 amide bonds. The van der Waals surface area contributed by atoms with Gasteiger partial charge in [0.1, 0.15) is 11.6 Å². The second-order valence-corrected chi connectivity index (χ2v) is 8.52. The third-order valence-electron chi connectivity index (χ3n) is 5.99. The van der Waals surface area contributed by atoms with Gasteiger partial charge in [0.2, 0.25) is 5.91 Å². The van der Waals surface area contributed by atoms with Crippen LogP contribution in [0.5, 0.6) is 0 Å². The second-order valence-electron chi connectivity index (χ2n) is 8.52. The zero-order valence-electron chi connectivity index (χ0n) is 19.5. The molecule has 1 fully saturated rings. The fraction of sp³-hybridized carbons (Fsp3) is 0.222. The predicted molar refractivity (Wildman–Crippen MR) is 129 cm³/mol. The van der Waals surface area contributed by atoms with Crippen LogP contribution in [-0.4, -0.2) is 46.8 Å². The summed E-state index contributed by atoms with van der Waals surface area (Å²) in [6.45, 7) is 0.646. The van der Waals surface area contributed by atoms with E-state index in [1.807, 2.05) is 30.3 Å². The van der Waals surface area contributed by atoms with Crippen LogP contribution in [0.1, 0.15) is 27.0 Å². The van der Waals surface area contributed by atoms with Gasteiger partial charge in [-0.15, -0.1) is 0 Å². The summed E-state index contributed by atoms with van der Waals surface area (Å²) < 4.78 is 27.6. The maximum Gasteiger partial charge on any atom is 0.264 e. The van der Waals surface area contributed by atoms with Gasteiger partial charge in [-0.1, -0.05) is 54.6 Å². The minimum Gasteiger partial charge on any atom is -0.349 e. The van der Waals surface area contributed by atoms with E-state index >= 15 is 0 Å². The van der Waals surface area contributed by atoms with Gasteiger partial charge in [0.15, 0.2) is 6.17 Å². The van der Waals surface area contributed by atoms with Crippen molar-refractivity contribution in [3.63, 3.8) is 0 Å². The van der Waals surface area contributed by atoms with Crippen LogP contribution >= 0.6 is 0 Å². The van der Waals surface area contributed by atoms with Crippen molar-refractivity contribution in [2.75, 3.05) is 13.1 Å². The van der Waals surface area contributed by atoms with Gasteiger partial charge in [0, 0.05) is 37.8 Å². The highest BCUT2D eigenvalue weighted by atomic mass is 19.1. The van der Waals surface area contributed by atoms with Crippen LogP contribution < -0.4 is 11.1 Å². The average Bonchev–Trinajstić information content (AvgIpc) is 3.32. The maximum absolute atomic E-state index is 13.8. The Bertz CT molecular complexity index is 1250. The van der Waals surface area contributed by atoms with Gasteiger partial charge in [-0.05, 0) is 28.8 Å². The monoisotopic (exact) mass is 492 g/mol. The Morgan fingerprint density at radius 2 is 1.47 bits per heavy atom. The number of hydrogen-bond donors (Lipinski definition) is 2. The normalized spacial score (nSPS) is 15.1. The molecule has 1 unspecified atom stereocenters. The minimum absolute atomic E-state index is 0.0399. The first-order valence-electron chi connectivity index (χ1n) is 11.5. The number of amides is 3. The van der Waals surface area contributed by atoms with Crippen LogP contribution in [0, 0.1) is 11.6 Å².